The molecule has 0 aliphatic carbocycles. The topological polar surface area (TPSA) is 81.2 Å². The highest BCUT2D eigenvalue weighted by molar-refractivity contribution is 6.33. The molecule has 0 aliphatic heterocycles. The lowest BCUT2D eigenvalue weighted by Crippen LogP contribution is -2.25. The van der Waals surface area contributed by atoms with Crippen molar-refractivity contribution in [1.29, 1.82) is 0 Å². The fourth-order valence-electron chi connectivity index (χ4n) is 2.09. The Balaban J connectivity index is 0.00000264. The Morgan fingerprint density at radius 1 is 1.43 bits per heavy atom. The third kappa shape index (κ3) is 4.43. The van der Waals surface area contributed by atoms with Crippen LogP contribution < -0.4 is 11.1 Å². The van der Waals surface area contributed by atoms with Crippen molar-refractivity contribution >= 4 is 29.9 Å². The van der Waals surface area contributed by atoms with Crippen LogP contribution in [0.25, 0.3) is 11.3 Å². The molecule has 1 amide bonds. The van der Waals surface area contributed by atoms with E-state index in [1.165, 1.54) is 18.2 Å². The van der Waals surface area contributed by atoms with Crippen molar-refractivity contribution in [3.63, 3.8) is 0 Å². The van der Waals surface area contributed by atoms with Crippen LogP contribution in [-0.4, -0.2) is 24.2 Å². The number of nitrogens with two attached hydrogens (primary N) is 1. The molecule has 126 valence electrons. The van der Waals surface area contributed by atoms with Gasteiger partial charge in [0.25, 0.3) is 5.91 Å². The van der Waals surface area contributed by atoms with Crippen molar-refractivity contribution in [1.82, 2.24) is 10.5 Å². The molecule has 0 bridgehead atoms. The standard InChI is InChI=1S/C15H17ClFN3O2.ClH/c1-9-12(15(21)19-8-3-2-7-18)14(20-22-9)13-10(16)5-4-6-11(13)17;/h4-6H,2-3,7-8,18H2,1H3,(H,19,21);1H. The van der Waals surface area contributed by atoms with Crippen molar-refractivity contribution in [2.75, 3.05) is 13.1 Å². The van der Waals surface area contributed by atoms with Crippen LogP contribution in [0.4, 0.5) is 4.39 Å². The number of nitrogens with zero attached hydrogens (tertiary/aromatic N) is 1. The predicted octanol–water partition coefficient (Wildman–Crippen LogP) is 3.33. The number of aromatic nitrogens is 1. The largest absolute Gasteiger partial charge is 0.360 e. The molecule has 0 unspecified atom stereocenters. The molecule has 0 fully saturated rings. The molecule has 1 aromatic heterocycles. The average Bonchev–Trinajstić information content (AvgIpc) is 2.85. The minimum Gasteiger partial charge on any atom is -0.360 e. The van der Waals surface area contributed by atoms with Gasteiger partial charge in [-0.05, 0) is 38.4 Å². The van der Waals surface area contributed by atoms with Crippen molar-refractivity contribution in [2.45, 2.75) is 19.8 Å². The highest BCUT2D eigenvalue weighted by Crippen LogP contribution is 2.33. The van der Waals surface area contributed by atoms with Crippen molar-refractivity contribution in [3.8, 4) is 11.3 Å². The number of amides is 1. The molecule has 1 heterocycles. The quantitative estimate of drug-likeness (QED) is 0.773. The second kappa shape index (κ2) is 8.86. The maximum Gasteiger partial charge on any atom is 0.257 e. The van der Waals surface area contributed by atoms with Gasteiger partial charge in [-0.1, -0.05) is 22.8 Å². The van der Waals surface area contributed by atoms with Gasteiger partial charge in [-0.2, -0.15) is 0 Å². The number of hydrogen-bond acceptors (Lipinski definition) is 4. The Kier molecular flexibility index (Phi) is 7.48. The van der Waals surface area contributed by atoms with Crippen LogP contribution in [0.15, 0.2) is 22.7 Å². The molecule has 0 radical (unpaired) electrons. The minimum absolute atomic E-state index is 0. The van der Waals surface area contributed by atoms with Crippen molar-refractivity contribution in [2.24, 2.45) is 5.73 Å². The Morgan fingerprint density at radius 3 is 2.83 bits per heavy atom. The van der Waals surface area contributed by atoms with Gasteiger partial charge in [0.2, 0.25) is 0 Å². The normalized spacial score (nSPS) is 10.3. The first-order valence-electron chi connectivity index (χ1n) is 6.95. The summed E-state index contributed by atoms with van der Waals surface area (Å²) in [6.45, 7) is 2.64. The van der Waals surface area contributed by atoms with Gasteiger partial charge in [-0.25, -0.2) is 4.39 Å². The van der Waals surface area contributed by atoms with Gasteiger partial charge >= 0.3 is 0 Å². The number of rotatable bonds is 6. The van der Waals surface area contributed by atoms with E-state index in [0.717, 1.165) is 12.8 Å². The van der Waals surface area contributed by atoms with Crippen LogP contribution in [0.2, 0.25) is 5.02 Å². The van der Waals surface area contributed by atoms with E-state index < -0.39 is 5.82 Å². The number of unbranched alkanes of at least 4 members (excludes halogenated alkanes) is 1. The summed E-state index contributed by atoms with van der Waals surface area (Å²) in [5, 5.41) is 6.71. The number of benzene rings is 1. The molecule has 23 heavy (non-hydrogen) atoms. The molecule has 0 spiro atoms. The Hall–Kier alpha value is -1.63. The van der Waals surface area contributed by atoms with E-state index in [4.69, 9.17) is 21.9 Å². The molecular formula is C15H18Cl2FN3O2. The summed E-state index contributed by atoms with van der Waals surface area (Å²) in [6, 6.07) is 4.28. The summed E-state index contributed by atoms with van der Waals surface area (Å²) < 4.78 is 19.1. The lowest BCUT2D eigenvalue weighted by Gasteiger charge is -2.07. The Labute approximate surface area is 144 Å². The number of aryl methyl sites for hydroxylation is 1. The Morgan fingerprint density at radius 2 is 2.17 bits per heavy atom. The SMILES string of the molecule is Cc1onc(-c2c(F)cccc2Cl)c1C(=O)NCCCCN.Cl. The predicted molar refractivity (Wildman–Crippen MR) is 89.5 cm³/mol. The van der Waals surface area contributed by atoms with Gasteiger partial charge in [-0.3, -0.25) is 4.79 Å². The molecular weight excluding hydrogens is 344 g/mol. The van der Waals surface area contributed by atoms with Gasteiger partial charge in [0, 0.05) is 6.54 Å². The first-order chi connectivity index (χ1) is 10.6. The second-order valence-electron chi connectivity index (χ2n) is 4.81. The van der Waals surface area contributed by atoms with Crippen LogP contribution in [0, 0.1) is 12.7 Å². The fourth-order valence-corrected chi connectivity index (χ4v) is 2.35. The lowest BCUT2D eigenvalue weighted by molar-refractivity contribution is 0.0952. The molecule has 0 saturated heterocycles. The molecule has 0 atom stereocenters. The second-order valence-corrected chi connectivity index (χ2v) is 5.22. The maximum atomic E-state index is 14.0. The van der Waals surface area contributed by atoms with Gasteiger partial charge in [-0.15, -0.1) is 12.4 Å². The zero-order chi connectivity index (χ0) is 16.1. The summed E-state index contributed by atoms with van der Waals surface area (Å²) in [5.74, 6) is -0.617. The molecule has 2 aromatic rings. The maximum absolute atomic E-state index is 14.0. The van der Waals surface area contributed by atoms with Crippen LogP contribution >= 0.6 is 24.0 Å². The molecule has 2 rings (SSSR count). The summed E-state index contributed by atoms with van der Waals surface area (Å²) >= 11 is 6.03. The van der Waals surface area contributed by atoms with Crippen molar-refractivity contribution < 1.29 is 13.7 Å². The molecule has 8 heteroatoms. The average molecular weight is 362 g/mol. The van der Waals surface area contributed by atoms with E-state index in [0.29, 0.717) is 18.8 Å². The van der Waals surface area contributed by atoms with Crippen LogP contribution in [-0.2, 0) is 0 Å². The molecule has 1 aromatic carbocycles. The summed E-state index contributed by atoms with van der Waals surface area (Å²) in [7, 11) is 0. The zero-order valence-electron chi connectivity index (χ0n) is 12.6. The van der Waals surface area contributed by atoms with E-state index >= 15 is 0 Å². The number of nitrogens with one attached hydrogen (secondary N) is 1. The first-order valence-corrected chi connectivity index (χ1v) is 7.33. The first kappa shape index (κ1) is 19.4. The van der Waals surface area contributed by atoms with Gasteiger partial charge in [0.1, 0.15) is 22.8 Å². The molecule has 5 nitrogen and oxygen atoms in total. The summed E-state index contributed by atoms with van der Waals surface area (Å²) in [6.07, 6.45) is 1.58. The lowest BCUT2D eigenvalue weighted by atomic mass is 10.0. The van der Waals surface area contributed by atoms with Crippen LogP contribution in [0.5, 0.6) is 0 Å². The smallest absolute Gasteiger partial charge is 0.257 e. The molecule has 0 saturated carbocycles. The fraction of sp³-hybridized carbons (Fsp3) is 0.333. The van der Waals surface area contributed by atoms with E-state index in [1.54, 1.807) is 6.92 Å². The van der Waals surface area contributed by atoms with Gasteiger partial charge in [0.05, 0.1) is 10.6 Å². The van der Waals surface area contributed by atoms with E-state index in [1.807, 2.05) is 0 Å². The van der Waals surface area contributed by atoms with Crippen LogP contribution in [0.1, 0.15) is 29.0 Å². The zero-order valence-corrected chi connectivity index (χ0v) is 14.1. The van der Waals surface area contributed by atoms with Crippen LogP contribution in [0.3, 0.4) is 0 Å². The number of carbonyl (C=O) groups excluding carboxylic acids is 1. The molecule has 0 aliphatic rings. The van der Waals surface area contributed by atoms with Gasteiger partial charge in [0.15, 0.2) is 0 Å². The highest BCUT2D eigenvalue weighted by Gasteiger charge is 2.25. The third-order valence-corrected chi connectivity index (χ3v) is 3.52. The summed E-state index contributed by atoms with van der Waals surface area (Å²) in [5.41, 5.74) is 5.77. The summed E-state index contributed by atoms with van der Waals surface area (Å²) in [4.78, 5) is 12.3. The molecule has 3 N–H and O–H groups in total. The third-order valence-electron chi connectivity index (χ3n) is 3.21. The monoisotopic (exact) mass is 361 g/mol. The Bertz CT molecular complexity index is 656. The van der Waals surface area contributed by atoms with E-state index in [9.17, 15) is 9.18 Å². The number of carbonyl (C=O) groups is 1. The highest BCUT2D eigenvalue weighted by atomic mass is 35.5. The number of hydrogen-bond donors (Lipinski definition) is 2. The van der Waals surface area contributed by atoms with Crippen molar-refractivity contribution in [3.05, 3.63) is 40.4 Å². The van der Waals surface area contributed by atoms with E-state index in [-0.39, 0.29) is 40.2 Å². The van der Waals surface area contributed by atoms with E-state index in [2.05, 4.69) is 10.5 Å². The minimum atomic E-state index is -0.557. The number of halogens is 3. The van der Waals surface area contributed by atoms with Gasteiger partial charge < -0.3 is 15.6 Å².